The van der Waals surface area contributed by atoms with Crippen LogP contribution < -0.4 is 0 Å². The average Bonchev–Trinajstić information content (AvgIpc) is 2.12. The molecule has 0 spiro atoms. The van der Waals surface area contributed by atoms with E-state index in [4.69, 9.17) is 0 Å². The summed E-state index contributed by atoms with van der Waals surface area (Å²) in [6, 6.07) is 0. The van der Waals surface area contributed by atoms with Crippen LogP contribution in [0.25, 0.3) is 0 Å². The van der Waals surface area contributed by atoms with E-state index in [2.05, 4.69) is 13.8 Å². The van der Waals surface area contributed by atoms with E-state index in [1.165, 1.54) is 0 Å². The summed E-state index contributed by atoms with van der Waals surface area (Å²) in [6.07, 6.45) is 1.12. The molecule has 0 heterocycles. The lowest BCUT2D eigenvalue weighted by Gasteiger charge is -2.16. The highest BCUT2D eigenvalue weighted by Gasteiger charge is 2.68. The van der Waals surface area contributed by atoms with Gasteiger partial charge < -0.3 is 0 Å². The monoisotopic (exact) mass is 142 g/mol. The Bertz CT molecular complexity index is 160. The fourth-order valence-electron chi connectivity index (χ4n) is 2.83. The van der Waals surface area contributed by atoms with Gasteiger partial charge in [-0.05, 0) is 31.1 Å². The Morgan fingerprint density at radius 1 is 1.40 bits per heavy atom. The molecule has 0 aromatic rings. The molecule has 0 saturated heterocycles. The topological polar surface area (TPSA) is 0 Å². The molecule has 2 rings (SSSR count). The highest BCUT2D eigenvalue weighted by atomic mass is 19.1. The molecule has 0 aliphatic heterocycles. The van der Waals surface area contributed by atoms with E-state index in [9.17, 15) is 4.39 Å². The van der Waals surface area contributed by atoms with Gasteiger partial charge in [-0.3, -0.25) is 0 Å². The lowest BCUT2D eigenvalue weighted by Crippen LogP contribution is -2.14. The summed E-state index contributed by atoms with van der Waals surface area (Å²) in [7, 11) is 0. The lowest BCUT2D eigenvalue weighted by atomic mass is 9.92. The molecule has 2 saturated carbocycles. The first kappa shape index (κ1) is 6.63. The molecule has 10 heavy (non-hydrogen) atoms. The summed E-state index contributed by atoms with van der Waals surface area (Å²) < 4.78 is 13.3. The molecule has 0 N–H and O–H groups in total. The van der Waals surface area contributed by atoms with Crippen molar-refractivity contribution in [2.24, 2.45) is 23.7 Å². The maximum atomic E-state index is 13.3. The van der Waals surface area contributed by atoms with E-state index in [-0.39, 0.29) is 0 Å². The zero-order valence-electron chi connectivity index (χ0n) is 6.89. The van der Waals surface area contributed by atoms with Crippen molar-refractivity contribution in [2.45, 2.75) is 32.9 Å². The quantitative estimate of drug-likeness (QED) is 0.487. The predicted octanol–water partition coefficient (Wildman–Crippen LogP) is 2.64. The Morgan fingerprint density at radius 2 is 2.00 bits per heavy atom. The molecule has 0 aromatic heterocycles. The first-order valence-corrected chi connectivity index (χ1v) is 4.24. The van der Waals surface area contributed by atoms with Crippen molar-refractivity contribution in [3.63, 3.8) is 0 Å². The van der Waals surface area contributed by atoms with E-state index in [0.29, 0.717) is 17.8 Å². The molecule has 2 aliphatic rings. The molecular formula is C9H15F. The summed E-state index contributed by atoms with van der Waals surface area (Å²) in [4.78, 5) is 0. The summed E-state index contributed by atoms with van der Waals surface area (Å²) in [5, 5.41) is 0. The van der Waals surface area contributed by atoms with Crippen LogP contribution in [0.15, 0.2) is 0 Å². The van der Waals surface area contributed by atoms with Gasteiger partial charge in [-0.15, -0.1) is 0 Å². The molecular weight excluding hydrogens is 127 g/mol. The van der Waals surface area contributed by atoms with Crippen LogP contribution in [-0.2, 0) is 0 Å². The molecule has 0 nitrogen and oxygen atoms in total. The maximum absolute atomic E-state index is 13.3. The summed E-state index contributed by atoms with van der Waals surface area (Å²) >= 11 is 0. The third kappa shape index (κ3) is 0.566. The predicted molar refractivity (Wildman–Crippen MR) is 39.4 cm³/mol. The zero-order chi connectivity index (χ0) is 7.52. The van der Waals surface area contributed by atoms with E-state index in [0.717, 1.165) is 12.3 Å². The zero-order valence-corrected chi connectivity index (χ0v) is 6.89. The van der Waals surface area contributed by atoms with Crippen LogP contribution in [-0.4, -0.2) is 5.67 Å². The first-order valence-electron chi connectivity index (χ1n) is 4.24. The number of rotatable bonds is 0. The van der Waals surface area contributed by atoms with Gasteiger partial charge in [0.25, 0.3) is 0 Å². The third-order valence-corrected chi connectivity index (χ3v) is 3.79. The number of fused-ring (bicyclic) bond motifs is 1. The largest absolute Gasteiger partial charge is 0.244 e. The van der Waals surface area contributed by atoms with E-state index < -0.39 is 5.67 Å². The van der Waals surface area contributed by atoms with Crippen LogP contribution in [0.1, 0.15) is 27.2 Å². The Kier molecular flexibility index (Phi) is 1.04. The van der Waals surface area contributed by atoms with Crippen molar-refractivity contribution in [1.29, 1.82) is 0 Å². The molecule has 5 atom stereocenters. The van der Waals surface area contributed by atoms with E-state index >= 15 is 0 Å². The molecule has 0 aromatic carbocycles. The molecule has 1 heteroatoms. The van der Waals surface area contributed by atoms with Crippen LogP contribution >= 0.6 is 0 Å². The van der Waals surface area contributed by atoms with Gasteiger partial charge in [-0.25, -0.2) is 4.39 Å². The van der Waals surface area contributed by atoms with Crippen molar-refractivity contribution >= 4 is 0 Å². The number of hydrogen-bond acceptors (Lipinski definition) is 0. The lowest BCUT2D eigenvalue weighted by molar-refractivity contribution is 0.213. The minimum Gasteiger partial charge on any atom is -0.244 e. The third-order valence-electron chi connectivity index (χ3n) is 3.79. The van der Waals surface area contributed by atoms with Gasteiger partial charge >= 0.3 is 0 Å². The van der Waals surface area contributed by atoms with Crippen LogP contribution in [0.3, 0.4) is 0 Å². The molecule has 0 bridgehead atoms. The number of alkyl halides is 1. The van der Waals surface area contributed by atoms with Gasteiger partial charge in [-0.2, -0.15) is 0 Å². The number of hydrogen-bond donors (Lipinski definition) is 0. The molecule has 5 unspecified atom stereocenters. The molecule has 0 amide bonds. The van der Waals surface area contributed by atoms with Crippen LogP contribution in [0.5, 0.6) is 0 Å². The highest BCUT2D eigenvalue weighted by Crippen LogP contribution is 2.66. The van der Waals surface area contributed by atoms with Crippen molar-refractivity contribution < 1.29 is 4.39 Å². The fraction of sp³-hybridized carbons (Fsp3) is 1.00. The summed E-state index contributed by atoms with van der Waals surface area (Å²) in [5.41, 5.74) is -0.786. The Labute approximate surface area is 61.8 Å². The fourth-order valence-corrected chi connectivity index (χ4v) is 2.83. The van der Waals surface area contributed by atoms with Gasteiger partial charge in [0, 0.05) is 5.92 Å². The molecule has 2 fully saturated rings. The number of halogens is 1. The Morgan fingerprint density at radius 3 is 2.30 bits per heavy atom. The second-order valence-electron chi connectivity index (χ2n) is 4.36. The maximum Gasteiger partial charge on any atom is 0.114 e. The standard InChI is InChI=1S/C9H15F/c1-5-4-7-8(6(5)2)9(7,3)10/h5-8H,4H2,1-3H3. The Hall–Kier alpha value is -0.0700. The second-order valence-corrected chi connectivity index (χ2v) is 4.36. The average molecular weight is 142 g/mol. The minimum atomic E-state index is -0.786. The van der Waals surface area contributed by atoms with Gasteiger partial charge in [0.1, 0.15) is 5.67 Å². The van der Waals surface area contributed by atoms with Crippen LogP contribution in [0.4, 0.5) is 4.39 Å². The Balaban J connectivity index is 2.13. The van der Waals surface area contributed by atoms with Gasteiger partial charge in [0.2, 0.25) is 0 Å². The molecule has 0 radical (unpaired) electrons. The van der Waals surface area contributed by atoms with Gasteiger partial charge in [0.05, 0.1) is 0 Å². The minimum absolute atomic E-state index is 0.405. The van der Waals surface area contributed by atoms with E-state index in [1.54, 1.807) is 6.92 Å². The summed E-state index contributed by atoms with van der Waals surface area (Å²) in [6.45, 7) is 6.21. The highest BCUT2D eigenvalue weighted by molar-refractivity contribution is 5.16. The van der Waals surface area contributed by atoms with Crippen molar-refractivity contribution in [1.82, 2.24) is 0 Å². The van der Waals surface area contributed by atoms with Gasteiger partial charge in [0.15, 0.2) is 0 Å². The SMILES string of the molecule is CC1CC2C(C1C)C2(C)F. The van der Waals surface area contributed by atoms with Crippen LogP contribution in [0.2, 0.25) is 0 Å². The molecule has 58 valence electrons. The van der Waals surface area contributed by atoms with Crippen LogP contribution in [0, 0.1) is 23.7 Å². The second kappa shape index (κ2) is 1.57. The van der Waals surface area contributed by atoms with Crippen molar-refractivity contribution in [2.75, 3.05) is 0 Å². The summed E-state index contributed by atoms with van der Waals surface area (Å²) in [5.74, 6) is 2.21. The van der Waals surface area contributed by atoms with Gasteiger partial charge in [-0.1, -0.05) is 13.8 Å². The van der Waals surface area contributed by atoms with Crippen molar-refractivity contribution in [3.8, 4) is 0 Å². The smallest absolute Gasteiger partial charge is 0.114 e. The van der Waals surface area contributed by atoms with Crippen molar-refractivity contribution in [3.05, 3.63) is 0 Å². The first-order chi connectivity index (χ1) is 4.55. The van der Waals surface area contributed by atoms with E-state index in [1.807, 2.05) is 0 Å². The normalized spacial score (nSPS) is 66.0. The molecule has 2 aliphatic carbocycles.